The van der Waals surface area contributed by atoms with Gasteiger partial charge in [0.2, 0.25) is 0 Å². The number of hydrogen-bond acceptors (Lipinski definition) is 1. The van der Waals surface area contributed by atoms with Crippen molar-refractivity contribution in [2.45, 2.75) is 6.16 Å². The molecule has 0 aromatic heterocycles. The van der Waals surface area contributed by atoms with Gasteiger partial charge < -0.3 is 5.11 Å². The van der Waals surface area contributed by atoms with Crippen molar-refractivity contribution in [2.75, 3.05) is 6.16 Å². The molecular weight excluding hydrogens is 315 g/mol. The van der Waals surface area contributed by atoms with Gasteiger partial charge >= 0.3 is 5.97 Å². The molecule has 0 aliphatic rings. The highest BCUT2D eigenvalue weighted by Crippen LogP contribution is 2.58. The standard InChI is InChI=1S/C21H19O2P/c22-21(23)17-24(19-12-6-2-7-13-19,20-14-8-3-9-15-20)16-18-10-4-1-5-11-18/h1-15H,16-17H2/p+1. The zero-order valence-electron chi connectivity index (χ0n) is 13.4. The first-order valence-electron chi connectivity index (χ1n) is 7.95. The summed E-state index contributed by atoms with van der Waals surface area (Å²) in [6.07, 6.45) is 0.921. The molecule has 0 radical (unpaired) electrons. The quantitative estimate of drug-likeness (QED) is 0.693. The van der Waals surface area contributed by atoms with Gasteiger partial charge in [-0.15, -0.1) is 0 Å². The smallest absolute Gasteiger partial charge is 0.342 e. The summed E-state index contributed by atoms with van der Waals surface area (Å²) in [4.78, 5) is 11.8. The van der Waals surface area contributed by atoms with Gasteiger partial charge in [0.05, 0.1) is 13.4 Å². The fourth-order valence-corrected chi connectivity index (χ4v) is 7.04. The second-order valence-corrected chi connectivity index (χ2v) is 9.44. The van der Waals surface area contributed by atoms with E-state index in [9.17, 15) is 9.90 Å². The largest absolute Gasteiger partial charge is 0.479 e. The molecule has 0 aliphatic heterocycles. The minimum atomic E-state index is -2.08. The van der Waals surface area contributed by atoms with Gasteiger partial charge in [0.25, 0.3) is 0 Å². The molecule has 3 aromatic carbocycles. The number of carbonyl (C=O) groups is 1. The van der Waals surface area contributed by atoms with Crippen molar-refractivity contribution in [2.24, 2.45) is 0 Å². The van der Waals surface area contributed by atoms with E-state index in [1.54, 1.807) is 0 Å². The monoisotopic (exact) mass is 335 g/mol. The number of rotatable bonds is 6. The van der Waals surface area contributed by atoms with Crippen LogP contribution in [0, 0.1) is 0 Å². The summed E-state index contributed by atoms with van der Waals surface area (Å²) in [5, 5.41) is 12.0. The van der Waals surface area contributed by atoms with Crippen molar-refractivity contribution >= 4 is 23.8 Å². The first-order chi connectivity index (χ1) is 11.7. The Bertz CT molecular complexity index is 746. The van der Waals surface area contributed by atoms with Crippen molar-refractivity contribution in [3.8, 4) is 0 Å². The van der Waals surface area contributed by atoms with Crippen LogP contribution in [0.1, 0.15) is 5.56 Å². The van der Waals surface area contributed by atoms with Crippen LogP contribution in [0.15, 0.2) is 91.0 Å². The molecule has 24 heavy (non-hydrogen) atoms. The summed E-state index contributed by atoms with van der Waals surface area (Å²) in [5.41, 5.74) is 1.18. The van der Waals surface area contributed by atoms with E-state index in [2.05, 4.69) is 36.4 Å². The SMILES string of the molecule is O=C(O)C[P+](Cc1ccccc1)(c1ccccc1)c1ccccc1. The number of carboxylic acid groups (broad SMARTS) is 1. The number of aliphatic carboxylic acids is 1. The lowest BCUT2D eigenvalue weighted by atomic mass is 10.2. The van der Waals surface area contributed by atoms with Crippen LogP contribution in [-0.4, -0.2) is 17.2 Å². The van der Waals surface area contributed by atoms with Gasteiger partial charge in [0, 0.05) is 0 Å². The van der Waals surface area contributed by atoms with Crippen LogP contribution in [0.25, 0.3) is 0 Å². The average molecular weight is 335 g/mol. The lowest BCUT2D eigenvalue weighted by Crippen LogP contribution is -2.29. The molecule has 0 saturated heterocycles. The first-order valence-corrected chi connectivity index (χ1v) is 10.1. The van der Waals surface area contributed by atoms with Crippen LogP contribution < -0.4 is 10.6 Å². The molecule has 0 heterocycles. The topological polar surface area (TPSA) is 37.3 Å². The fourth-order valence-electron chi connectivity index (χ4n) is 3.12. The normalized spacial score (nSPS) is 11.2. The molecule has 3 aromatic rings. The van der Waals surface area contributed by atoms with Crippen molar-refractivity contribution in [1.82, 2.24) is 0 Å². The maximum absolute atomic E-state index is 11.8. The van der Waals surface area contributed by atoms with Gasteiger partial charge in [0.1, 0.15) is 10.6 Å². The van der Waals surface area contributed by atoms with Crippen molar-refractivity contribution in [3.63, 3.8) is 0 Å². The molecule has 0 bridgehead atoms. The summed E-state index contributed by atoms with van der Waals surface area (Å²) in [6.45, 7) is 0. The van der Waals surface area contributed by atoms with Crippen LogP contribution >= 0.6 is 7.26 Å². The molecule has 0 saturated carbocycles. The maximum atomic E-state index is 11.8. The average Bonchev–Trinajstić information content (AvgIpc) is 2.63. The highest BCUT2D eigenvalue weighted by molar-refractivity contribution is 7.89. The Morgan fingerprint density at radius 2 is 1.12 bits per heavy atom. The zero-order valence-corrected chi connectivity index (χ0v) is 14.3. The third-order valence-electron chi connectivity index (χ3n) is 4.20. The predicted octanol–water partition coefficient (Wildman–Crippen LogP) is 3.94. The Morgan fingerprint density at radius 1 is 0.708 bits per heavy atom. The van der Waals surface area contributed by atoms with Gasteiger partial charge in [0.15, 0.2) is 6.16 Å². The number of carboxylic acids is 1. The van der Waals surface area contributed by atoms with Crippen molar-refractivity contribution in [1.29, 1.82) is 0 Å². The lowest BCUT2D eigenvalue weighted by molar-refractivity contribution is -0.134. The summed E-state index contributed by atoms with van der Waals surface area (Å²) >= 11 is 0. The van der Waals surface area contributed by atoms with E-state index in [1.165, 1.54) is 5.56 Å². The first kappa shape index (κ1) is 16.4. The molecule has 2 nitrogen and oxygen atoms in total. The maximum Gasteiger partial charge on any atom is 0.342 e. The second kappa shape index (κ2) is 7.42. The molecule has 3 rings (SSSR count). The molecule has 120 valence electrons. The van der Waals surface area contributed by atoms with Crippen LogP contribution in [0.3, 0.4) is 0 Å². The molecule has 0 unspecified atom stereocenters. The minimum Gasteiger partial charge on any atom is -0.479 e. The highest BCUT2D eigenvalue weighted by atomic mass is 31.2. The second-order valence-electron chi connectivity index (χ2n) is 5.83. The Hall–Kier alpha value is -2.44. The Balaban J connectivity index is 2.18. The van der Waals surface area contributed by atoms with Gasteiger partial charge in [-0.05, 0) is 29.8 Å². The van der Waals surface area contributed by atoms with Gasteiger partial charge in [-0.2, -0.15) is 0 Å². The molecule has 3 heteroatoms. The third-order valence-corrected chi connectivity index (χ3v) is 8.49. The molecular formula is C21H20O2P+. The summed E-state index contributed by atoms with van der Waals surface area (Å²) in [5.74, 6) is -0.744. The van der Waals surface area contributed by atoms with Gasteiger partial charge in [-0.1, -0.05) is 66.7 Å². The van der Waals surface area contributed by atoms with Crippen LogP contribution in [0.5, 0.6) is 0 Å². The summed E-state index contributed by atoms with van der Waals surface area (Å²) < 4.78 is 0. The van der Waals surface area contributed by atoms with E-state index in [-0.39, 0.29) is 6.16 Å². The molecule has 0 aliphatic carbocycles. The molecule has 1 N–H and O–H groups in total. The molecule has 0 spiro atoms. The highest BCUT2D eigenvalue weighted by Gasteiger charge is 2.45. The van der Waals surface area contributed by atoms with Crippen LogP contribution in [-0.2, 0) is 11.0 Å². The van der Waals surface area contributed by atoms with Crippen molar-refractivity contribution < 1.29 is 9.90 Å². The lowest BCUT2D eigenvalue weighted by Gasteiger charge is -2.26. The van der Waals surface area contributed by atoms with E-state index < -0.39 is 13.2 Å². The molecule has 0 atom stereocenters. The van der Waals surface area contributed by atoms with E-state index >= 15 is 0 Å². The Labute approximate surface area is 143 Å². The van der Waals surface area contributed by atoms with Crippen LogP contribution in [0.2, 0.25) is 0 Å². The van der Waals surface area contributed by atoms with E-state index in [1.807, 2.05) is 54.6 Å². The number of hydrogen-bond donors (Lipinski definition) is 1. The van der Waals surface area contributed by atoms with E-state index in [0.717, 1.165) is 16.8 Å². The van der Waals surface area contributed by atoms with E-state index in [0.29, 0.717) is 0 Å². The number of benzene rings is 3. The van der Waals surface area contributed by atoms with E-state index in [4.69, 9.17) is 0 Å². The predicted molar refractivity (Wildman–Crippen MR) is 102 cm³/mol. The molecule has 0 amide bonds. The Morgan fingerprint density at radius 3 is 1.54 bits per heavy atom. The summed E-state index contributed by atoms with van der Waals surface area (Å²) in [7, 11) is -2.08. The zero-order chi connectivity index (χ0) is 16.8. The Kier molecular flexibility index (Phi) is 5.08. The van der Waals surface area contributed by atoms with Crippen molar-refractivity contribution in [3.05, 3.63) is 96.6 Å². The minimum absolute atomic E-state index is 0.163. The third kappa shape index (κ3) is 3.55. The van der Waals surface area contributed by atoms with Gasteiger partial charge in [-0.3, -0.25) is 0 Å². The molecule has 0 fully saturated rings. The fraction of sp³-hybridized carbons (Fsp3) is 0.0952. The summed E-state index contributed by atoms with van der Waals surface area (Å²) in [6, 6.07) is 30.5. The van der Waals surface area contributed by atoms with Gasteiger partial charge in [-0.25, -0.2) is 4.79 Å². The van der Waals surface area contributed by atoms with Crippen LogP contribution in [0.4, 0.5) is 0 Å².